The first-order chi connectivity index (χ1) is 8.88. The van der Waals surface area contributed by atoms with Gasteiger partial charge in [0.2, 0.25) is 0 Å². The fourth-order valence-electron chi connectivity index (χ4n) is 1.78. The fourth-order valence-corrected chi connectivity index (χ4v) is 3.82. The molecule has 0 radical (unpaired) electrons. The van der Waals surface area contributed by atoms with Crippen LogP contribution in [0.4, 0.5) is 5.69 Å². The van der Waals surface area contributed by atoms with Crippen molar-refractivity contribution in [2.45, 2.75) is 17.6 Å². The molecule has 0 bridgehead atoms. The molecule has 100 valence electrons. The Hall–Kier alpha value is -1.40. The number of halogens is 1. The SMILES string of the molecule is Cc1ccc(N)cc1S(=O)(=O)Cc1cncc(Br)c1. The quantitative estimate of drug-likeness (QED) is 0.872. The molecule has 0 aliphatic heterocycles. The molecule has 4 nitrogen and oxygen atoms in total. The van der Waals surface area contributed by atoms with Crippen LogP contribution in [0.1, 0.15) is 11.1 Å². The largest absolute Gasteiger partial charge is 0.399 e. The van der Waals surface area contributed by atoms with Crippen LogP contribution in [0.15, 0.2) is 46.0 Å². The van der Waals surface area contributed by atoms with E-state index < -0.39 is 9.84 Å². The maximum Gasteiger partial charge on any atom is 0.182 e. The Bertz CT molecular complexity index is 714. The van der Waals surface area contributed by atoms with Crippen molar-refractivity contribution in [3.05, 3.63) is 52.3 Å². The van der Waals surface area contributed by atoms with Gasteiger partial charge in [-0.15, -0.1) is 0 Å². The third-order valence-electron chi connectivity index (χ3n) is 2.67. The van der Waals surface area contributed by atoms with E-state index in [2.05, 4.69) is 20.9 Å². The lowest BCUT2D eigenvalue weighted by Gasteiger charge is -2.08. The number of nitrogens with two attached hydrogens (primary N) is 1. The van der Waals surface area contributed by atoms with E-state index >= 15 is 0 Å². The monoisotopic (exact) mass is 340 g/mol. The third kappa shape index (κ3) is 3.33. The average Bonchev–Trinajstić information content (AvgIpc) is 2.31. The van der Waals surface area contributed by atoms with Crippen LogP contribution < -0.4 is 5.73 Å². The number of rotatable bonds is 3. The lowest BCUT2D eigenvalue weighted by atomic mass is 10.2. The summed E-state index contributed by atoms with van der Waals surface area (Å²) in [6, 6.07) is 6.64. The molecule has 2 aromatic rings. The second-order valence-electron chi connectivity index (χ2n) is 4.30. The van der Waals surface area contributed by atoms with Gasteiger partial charge < -0.3 is 5.73 Å². The van der Waals surface area contributed by atoms with E-state index in [0.29, 0.717) is 16.8 Å². The number of anilines is 1. The smallest absolute Gasteiger partial charge is 0.182 e. The number of sulfone groups is 1. The summed E-state index contributed by atoms with van der Waals surface area (Å²) < 4.78 is 25.5. The standard InChI is InChI=1S/C13H13BrN2O2S/c1-9-2-3-12(15)5-13(9)19(17,18)8-10-4-11(14)7-16-6-10/h2-7H,8,15H2,1H3. The van der Waals surface area contributed by atoms with Gasteiger partial charge in [0.15, 0.2) is 9.84 Å². The number of nitrogens with zero attached hydrogens (tertiary/aromatic N) is 1. The number of benzene rings is 1. The van der Waals surface area contributed by atoms with E-state index in [0.717, 1.165) is 4.47 Å². The Kier molecular flexibility index (Phi) is 3.91. The molecule has 0 fully saturated rings. The molecule has 0 aliphatic rings. The van der Waals surface area contributed by atoms with Gasteiger partial charge in [0, 0.05) is 22.6 Å². The highest BCUT2D eigenvalue weighted by Gasteiger charge is 2.18. The maximum absolute atomic E-state index is 12.4. The van der Waals surface area contributed by atoms with Crippen molar-refractivity contribution in [1.29, 1.82) is 0 Å². The molecule has 0 unspecified atom stereocenters. The predicted molar refractivity (Wildman–Crippen MR) is 78.4 cm³/mol. The van der Waals surface area contributed by atoms with Gasteiger partial charge in [0.1, 0.15) is 0 Å². The van der Waals surface area contributed by atoms with E-state index in [9.17, 15) is 8.42 Å². The van der Waals surface area contributed by atoms with E-state index in [-0.39, 0.29) is 10.6 Å². The summed E-state index contributed by atoms with van der Waals surface area (Å²) in [5.74, 6) is -0.0935. The molecule has 0 saturated carbocycles. The molecule has 0 saturated heterocycles. The molecule has 1 heterocycles. The summed E-state index contributed by atoms with van der Waals surface area (Å²) in [6.07, 6.45) is 3.16. The van der Waals surface area contributed by atoms with Crippen LogP contribution >= 0.6 is 15.9 Å². The molecule has 0 aliphatic carbocycles. The average molecular weight is 341 g/mol. The lowest BCUT2D eigenvalue weighted by Crippen LogP contribution is -2.07. The van der Waals surface area contributed by atoms with E-state index in [4.69, 9.17) is 5.73 Å². The van der Waals surface area contributed by atoms with Crippen LogP contribution in [0.5, 0.6) is 0 Å². The number of hydrogen-bond acceptors (Lipinski definition) is 4. The van der Waals surface area contributed by atoms with Gasteiger partial charge in [-0.1, -0.05) is 6.07 Å². The van der Waals surface area contributed by atoms with Crippen molar-refractivity contribution in [3.63, 3.8) is 0 Å². The summed E-state index contributed by atoms with van der Waals surface area (Å²) in [4.78, 5) is 4.24. The maximum atomic E-state index is 12.4. The van der Waals surface area contributed by atoms with Crippen molar-refractivity contribution in [3.8, 4) is 0 Å². The van der Waals surface area contributed by atoms with E-state index in [1.807, 2.05) is 0 Å². The lowest BCUT2D eigenvalue weighted by molar-refractivity contribution is 0.594. The van der Waals surface area contributed by atoms with Gasteiger partial charge in [-0.3, -0.25) is 4.98 Å². The van der Waals surface area contributed by atoms with E-state index in [1.165, 1.54) is 6.07 Å². The second-order valence-corrected chi connectivity index (χ2v) is 7.17. The van der Waals surface area contributed by atoms with Gasteiger partial charge in [-0.25, -0.2) is 8.42 Å². The minimum atomic E-state index is -3.42. The Morgan fingerprint density at radius 1 is 1.26 bits per heavy atom. The molecule has 6 heteroatoms. The van der Waals surface area contributed by atoms with Gasteiger partial charge in [0.25, 0.3) is 0 Å². The Morgan fingerprint density at radius 3 is 2.68 bits per heavy atom. The van der Waals surface area contributed by atoms with Crippen LogP contribution in [0, 0.1) is 6.92 Å². The summed E-state index contributed by atoms with van der Waals surface area (Å²) in [6.45, 7) is 1.76. The van der Waals surface area contributed by atoms with Crippen LogP contribution in [0.3, 0.4) is 0 Å². The normalized spacial score (nSPS) is 11.5. The zero-order chi connectivity index (χ0) is 14.0. The number of aromatic nitrogens is 1. The number of nitrogen functional groups attached to an aromatic ring is 1. The Balaban J connectivity index is 2.40. The summed E-state index contributed by atoms with van der Waals surface area (Å²) in [5.41, 5.74) is 7.43. The molecule has 2 rings (SSSR count). The van der Waals surface area contributed by atoms with Gasteiger partial charge >= 0.3 is 0 Å². The Morgan fingerprint density at radius 2 is 2.00 bits per heavy atom. The zero-order valence-corrected chi connectivity index (χ0v) is 12.7. The van der Waals surface area contributed by atoms with Crippen molar-refractivity contribution in [2.24, 2.45) is 0 Å². The first kappa shape index (κ1) is 14.0. The van der Waals surface area contributed by atoms with Crippen molar-refractivity contribution >= 4 is 31.5 Å². The fraction of sp³-hybridized carbons (Fsp3) is 0.154. The van der Waals surface area contributed by atoms with Crippen LogP contribution in [-0.4, -0.2) is 13.4 Å². The number of pyridine rings is 1. The molecule has 1 aromatic heterocycles. The topological polar surface area (TPSA) is 73.1 Å². The minimum Gasteiger partial charge on any atom is -0.399 e. The zero-order valence-electron chi connectivity index (χ0n) is 10.3. The number of hydrogen-bond donors (Lipinski definition) is 1. The molecular weight excluding hydrogens is 328 g/mol. The summed E-state index contributed by atoms with van der Waals surface area (Å²) in [5, 5.41) is 0. The highest BCUT2D eigenvalue weighted by molar-refractivity contribution is 9.10. The second kappa shape index (κ2) is 5.30. The summed E-state index contributed by atoms with van der Waals surface area (Å²) in [7, 11) is -3.42. The van der Waals surface area contributed by atoms with Crippen LogP contribution in [-0.2, 0) is 15.6 Å². The molecule has 0 amide bonds. The highest BCUT2D eigenvalue weighted by Crippen LogP contribution is 2.23. The Labute approximate surface area is 120 Å². The van der Waals surface area contributed by atoms with Crippen LogP contribution in [0.25, 0.3) is 0 Å². The highest BCUT2D eigenvalue weighted by atomic mass is 79.9. The third-order valence-corrected chi connectivity index (χ3v) is 4.92. The minimum absolute atomic E-state index is 0.0935. The molecular formula is C13H13BrN2O2S. The number of aryl methyl sites for hydroxylation is 1. The molecule has 0 atom stereocenters. The molecule has 2 N–H and O–H groups in total. The van der Waals surface area contributed by atoms with E-state index in [1.54, 1.807) is 37.5 Å². The van der Waals surface area contributed by atoms with Crippen molar-refractivity contribution in [1.82, 2.24) is 4.98 Å². The van der Waals surface area contributed by atoms with Gasteiger partial charge in [-0.2, -0.15) is 0 Å². The molecule has 0 spiro atoms. The van der Waals surface area contributed by atoms with Crippen molar-refractivity contribution < 1.29 is 8.42 Å². The molecule has 1 aromatic carbocycles. The van der Waals surface area contributed by atoms with Crippen molar-refractivity contribution in [2.75, 3.05) is 5.73 Å². The van der Waals surface area contributed by atoms with Gasteiger partial charge in [-0.05, 0) is 52.2 Å². The first-order valence-corrected chi connectivity index (χ1v) is 8.01. The molecule has 19 heavy (non-hydrogen) atoms. The first-order valence-electron chi connectivity index (χ1n) is 5.57. The summed E-state index contributed by atoms with van der Waals surface area (Å²) >= 11 is 3.27. The van der Waals surface area contributed by atoms with Crippen LogP contribution in [0.2, 0.25) is 0 Å². The predicted octanol–water partition coefficient (Wildman–Crippen LogP) is 2.71. The van der Waals surface area contributed by atoms with Gasteiger partial charge in [0.05, 0.1) is 10.6 Å².